The van der Waals surface area contributed by atoms with Gasteiger partial charge in [0, 0.05) is 34.0 Å². The summed E-state index contributed by atoms with van der Waals surface area (Å²) in [5.41, 5.74) is 2.32. The number of fused-ring (bicyclic) bond motifs is 2. The Morgan fingerprint density at radius 1 is 1.12 bits per heavy atom. The lowest BCUT2D eigenvalue weighted by atomic mass is 9.86. The zero-order chi connectivity index (χ0) is 17.7. The van der Waals surface area contributed by atoms with Crippen LogP contribution in [0.1, 0.15) is 33.3 Å². The first-order chi connectivity index (χ1) is 12.7. The second kappa shape index (κ2) is 6.00. The van der Waals surface area contributed by atoms with E-state index in [-0.39, 0.29) is 11.7 Å². The van der Waals surface area contributed by atoms with Crippen molar-refractivity contribution in [3.8, 4) is 11.4 Å². The normalized spacial score (nSPS) is 16.8. The number of hydrogen-bond acceptors (Lipinski definition) is 5. The van der Waals surface area contributed by atoms with Crippen LogP contribution in [0.4, 0.5) is 0 Å². The number of thiophene rings is 1. The first-order valence-corrected chi connectivity index (χ1v) is 9.52. The van der Waals surface area contributed by atoms with Gasteiger partial charge in [-0.25, -0.2) is 9.50 Å². The molecule has 0 unspecified atom stereocenters. The van der Waals surface area contributed by atoms with E-state index in [4.69, 9.17) is 11.6 Å². The molecule has 26 heavy (non-hydrogen) atoms. The van der Waals surface area contributed by atoms with Crippen molar-refractivity contribution in [2.45, 2.75) is 18.8 Å². The molecular weight excluding hydrogens is 368 g/mol. The molecule has 3 heterocycles. The molecule has 0 spiro atoms. The Bertz CT molecular complexity index is 1120. The standard InChI is InChI=1S/C19H13ClN4OS/c20-13-5-3-11(4-6-13)18-22-19-21-15-8-12(17-2-1-7-26-17)9-16(25)14(15)10-24(19)23-18/h1-7,10,12H,8-9H2/t12-/m0/s1. The van der Waals surface area contributed by atoms with Crippen molar-refractivity contribution in [3.05, 3.63) is 69.1 Å². The molecule has 0 aliphatic heterocycles. The highest BCUT2D eigenvalue weighted by atomic mass is 35.5. The van der Waals surface area contributed by atoms with Crippen molar-refractivity contribution in [1.82, 2.24) is 19.6 Å². The van der Waals surface area contributed by atoms with Gasteiger partial charge in [-0.2, -0.15) is 4.98 Å². The van der Waals surface area contributed by atoms with Crippen LogP contribution in [-0.4, -0.2) is 25.4 Å². The summed E-state index contributed by atoms with van der Waals surface area (Å²) in [5, 5.41) is 7.18. The van der Waals surface area contributed by atoms with Gasteiger partial charge in [0.2, 0.25) is 0 Å². The lowest BCUT2D eigenvalue weighted by Gasteiger charge is -2.21. The molecule has 128 valence electrons. The zero-order valence-corrected chi connectivity index (χ0v) is 15.2. The molecule has 0 N–H and O–H groups in total. The number of Topliss-reactive ketones (excluding diaryl/α,β-unsaturated/α-hetero) is 1. The molecular formula is C19H13ClN4OS. The van der Waals surface area contributed by atoms with Crippen LogP contribution in [0.3, 0.4) is 0 Å². The largest absolute Gasteiger partial charge is 0.294 e. The van der Waals surface area contributed by atoms with E-state index in [2.05, 4.69) is 21.1 Å². The average molecular weight is 381 g/mol. The predicted octanol–water partition coefficient (Wildman–Crippen LogP) is 4.42. The van der Waals surface area contributed by atoms with E-state index in [0.29, 0.717) is 28.6 Å². The molecule has 1 aliphatic carbocycles. The van der Waals surface area contributed by atoms with E-state index in [1.54, 1.807) is 34.2 Å². The second-order valence-electron chi connectivity index (χ2n) is 6.33. The minimum absolute atomic E-state index is 0.114. The van der Waals surface area contributed by atoms with Crippen molar-refractivity contribution in [3.63, 3.8) is 0 Å². The Balaban J connectivity index is 1.57. The summed E-state index contributed by atoms with van der Waals surface area (Å²) in [6.45, 7) is 0. The first-order valence-electron chi connectivity index (χ1n) is 8.26. The Hall–Kier alpha value is -2.57. The topological polar surface area (TPSA) is 60.2 Å². The van der Waals surface area contributed by atoms with Crippen LogP contribution in [0.25, 0.3) is 17.2 Å². The van der Waals surface area contributed by atoms with Crippen LogP contribution < -0.4 is 0 Å². The van der Waals surface area contributed by atoms with Gasteiger partial charge >= 0.3 is 0 Å². The number of carbonyl (C=O) groups is 1. The lowest BCUT2D eigenvalue weighted by Crippen LogP contribution is -2.20. The minimum Gasteiger partial charge on any atom is -0.294 e. The van der Waals surface area contributed by atoms with Crippen LogP contribution in [0.2, 0.25) is 5.02 Å². The number of halogens is 1. The van der Waals surface area contributed by atoms with Gasteiger partial charge in [-0.15, -0.1) is 16.4 Å². The SMILES string of the molecule is O=C1C[C@@H](c2cccs2)Cc2nc3nc(-c4ccc(Cl)cc4)nn3cc21. The number of nitrogens with zero attached hydrogens (tertiary/aromatic N) is 4. The molecule has 1 aliphatic rings. The summed E-state index contributed by atoms with van der Waals surface area (Å²) in [7, 11) is 0. The fourth-order valence-electron chi connectivity index (χ4n) is 3.33. The van der Waals surface area contributed by atoms with Crippen LogP contribution in [0.5, 0.6) is 0 Å². The number of hydrogen-bond donors (Lipinski definition) is 0. The van der Waals surface area contributed by atoms with Gasteiger partial charge in [-0.05, 0) is 42.1 Å². The second-order valence-corrected chi connectivity index (χ2v) is 7.75. The lowest BCUT2D eigenvalue weighted by molar-refractivity contribution is 0.0963. The fourth-order valence-corrected chi connectivity index (χ4v) is 4.29. The Morgan fingerprint density at radius 2 is 1.96 bits per heavy atom. The van der Waals surface area contributed by atoms with Crippen molar-refractivity contribution in [2.24, 2.45) is 0 Å². The molecule has 0 saturated heterocycles. The third kappa shape index (κ3) is 2.62. The summed E-state index contributed by atoms with van der Waals surface area (Å²) < 4.78 is 1.59. The van der Waals surface area contributed by atoms with Crippen molar-refractivity contribution >= 4 is 34.5 Å². The average Bonchev–Trinajstić information content (AvgIpc) is 3.30. The molecule has 0 fully saturated rings. The zero-order valence-electron chi connectivity index (χ0n) is 13.6. The molecule has 4 aromatic rings. The summed E-state index contributed by atoms with van der Waals surface area (Å²) >= 11 is 7.63. The van der Waals surface area contributed by atoms with Crippen LogP contribution in [0, 0.1) is 0 Å². The highest BCUT2D eigenvalue weighted by Gasteiger charge is 2.29. The third-order valence-electron chi connectivity index (χ3n) is 4.63. The van der Waals surface area contributed by atoms with E-state index in [1.165, 1.54) is 4.88 Å². The van der Waals surface area contributed by atoms with Crippen LogP contribution in [0.15, 0.2) is 48.0 Å². The Kier molecular flexibility index (Phi) is 3.62. The van der Waals surface area contributed by atoms with Crippen LogP contribution in [-0.2, 0) is 6.42 Å². The summed E-state index contributed by atoms with van der Waals surface area (Å²) in [4.78, 5) is 23.0. The quantitative estimate of drug-likeness (QED) is 0.516. The smallest absolute Gasteiger partial charge is 0.252 e. The van der Waals surface area contributed by atoms with E-state index in [9.17, 15) is 4.79 Å². The summed E-state index contributed by atoms with van der Waals surface area (Å²) in [5.74, 6) is 1.39. The number of ketones is 1. The van der Waals surface area contributed by atoms with Crippen molar-refractivity contribution < 1.29 is 4.79 Å². The van der Waals surface area contributed by atoms with E-state index >= 15 is 0 Å². The summed E-state index contributed by atoms with van der Waals surface area (Å²) in [6, 6.07) is 11.5. The minimum atomic E-state index is 0.114. The molecule has 0 amide bonds. The maximum Gasteiger partial charge on any atom is 0.252 e. The maximum absolute atomic E-state index is 12.6. The van der Waals surface area contributed by atoms with E-state index in [1.807, 2.05) is 23.6 Å². The molecule has 7 heteroatoms. The predicted molar refractivity (Wildman–Crippen MR) is 101 cm³/mol. The van der Waals surface area contributed by atoms with Crippen molar-refractivity contribution in [1.29, 1.82) is 0 Å². The van der Waals surface area contributed by atoms with Gasteiger partial charge in [-0.3, -0.25) is 4.79 Å². The van der Waals surface area contributed by atoms with Crippen molar-refractivity contribution in [2.75, 3.05) is 0 Å². The van der Waals surface area contributed by atoms with Gasteiger partial charge in [0.15, 0.2) is 11.6 Å². The highest BCUT2D eigenvalue weighted by Crippen LogP contribution is 2.34. The van der Waals surface area contributed by atoms with E-state index in [0.717, 1.165) is 17.7 Å². The molecule has 0 saturated carbocycles. The molecule has 1 atom stereocenters. The molecule has 0 radical (unpaired) electrons. The maximum atomic E-state index is 12.6. The van der Waals surface area contributed by atoms with Gasteiger partial charge < -0.3 is 0 Å². The first kappa shape index (κ1) is 15.7. The van der Waals surface area contributed by atoms with Gasteiger partial charge in [0.1, 0.15) is 0 Å². The fraction of sp³-hybridized carbons (Fsp3) is 0.158. The molecule has 3 aromatic heterocycles. The molecule has 0 bridgehead atoms. The van der Waals surface area contributed by atoms with Gasteiger partial charge in [0.05, 0.1) is 11.3 Å². The van der Waals surface area contributed by atoms with E-state index < -0.39 is 0 Å². The summed E-state index contributed by atoms with van der Waals surface area (Å²) in [6.07, 6.45) is 3.03. The molecule has 5 rings (SSSR count). The Labute approximate surface area is 158 Å². The third-order valence-corrected chi connectivity index (χ3v) is 5.92. The number of aromatic nitrogens is 4. The highest BCUT2D eigenvalue weighted by molar-refractivity contribution is 7.10. The number of rotatable bonds is 2. The van der Waals surface area contributed by atoms with Gasteiger partial charge in [0.25, 0.3) is 5.78 Å². The number of benzene rings is 1. The monoisotopic (exact) mass is 380 g/mol. The van der Waals surface area contributed by atoms with Crippen LogP contribution >= 0.6 is 22.9 Å². The Morgan fingerprint density at radius 3 is 2.73 bits per heavy atom. The number of carbonyl (C=O) groups excluding carboxylic acids is 1. The molecule has 5 nitrogen and oxygen atoms in total. The van der Waals surface area contributed by atoms with Gasteiger partial charge in [-0.1, -0.05) is 17.7 Å². The molecule has 1 aromatic carbocycles.